The molecule has 1 saturated heterocycles. The number of imide groups is 1. The molecular formula is C23H23BrN2O6S. The van der Waals surface area contributed by atoms with Crippen LogP contribution in [0, 0.1) is 10.1 Å². The number of non-ortho nitro benzene ring substituents is 1. The molecule has 0 aromatic heterocycles. The number of nitrogens with zero attached hydrogens (tertiary/aromatic N) is 2. The zero-order valence-corrected chi connectivity index (χ0v) is 20.8. The number of nitro groups is 1. The van der Waals surface area contributed by atoms with Gasteiger partial charge in [-0.15, -0.1) is 0 Å². The minimum Gasteiger partial charge on any atom is -0.490 e. The van der Waals surface area contributed by atoms with E-state index in [4.69, 9.17) is 9.47 Å². The Kier molecular flexibility index (Phi) is 8.15. The molecule has 1 atom stereocenters. The SMILES string of the molecule is CCOc1cc(/C=C2/SC(=O)N([C@H](C)CC)C2=O)c(Br)cc1OCc1ccc([N+](=O)[O-])cc1. The minimum absolute atomic E-state index is 0.0126. The molecule has 33 heavy (non-hydrogen) atoms. The zero-order valence-electron chi connectivity index (χ0n) is 18.4. The van der Waals surface area contributed by atoms with Gasteiger partial charge in [-0.05, 0) is 73.5 Å². The molecule has 0 aliphatic carbocycles. The Hall–Kier alpha value is -2.85. The van der Waals surface area contributed by atoms with E-state index in [0.717, 1.165) is 17.3 Å². The Bertz CT molecular complexity index is 1100. The Morgan fingerprint density at radius 2 is 1.82 bits per heavy atom. The molecular weight excluding hydrogens is 512 g/mol. The van der Waals surface area contributed by atoms with E-state index in [1.54, 1.807) is 30.3 Å². The molecule has 1 aliphatic heterocycles. The summed E-state index contributed by atoms with van der Waals surface area (Å²) < 4.78 is 12.3. The van der Waals surface area contributed by atoms with Gasteiger partial charge in [0.1, 0.15) is 6.61 Å². The van der Waals surface area contributed by atoms with Crippen molar-refractivity contribution in [1.29, 1.82) is 0 Å². The number of benzene rings is 2. The van der Waals surface area contributed by atoms with Gasteiger partial charge in [0, 0.05) is 22.6 Å². The van der Waals surface area contributed by atoms with Crippen LogP contribution in [-0.2, 0) is 11.4 Å². The van der Waals surface area contributed by atoms with Crippen LogP contribution in [-0.4, -0.2) is 33.6 Å². The highest BCUT2D eigenvalue weighted by atomic mass is 79.9. The molecule has 0 bridgehead atoms. The van der Waals surface area contributed by atoms with Crippen molar-refractivity contribution in [3.05, 3.63) is 67.0 Å². The summed E-state index contributed by atoms with van der Waals surface area (Å²) in [6.45, 7) is 6.22. The van der Waals surface area contributed by atoms with E-state index in [2.05, 4.69) is 15.9 Å². The topological polar surface area (TPSA) is 99.0 Å². The fourth-order valence-electron chi connectivity index (χ4n) is 3.10. The molecule has 0 spiro atoms. The molecule has 2 aromatic carbocycles. The number of ether oxygens (including phenoxy) is 2. The van der Waals surface area contributed by atoms with Crippen molar-refractivity contribution < 1.29 is 24.0 Å². The van der Waals surface area contributed by atoms with E-state index in [-0.39, 0.29) is 29.5 Å². The third-order valence-electron chi connectivity index (χ3n) is 5.05. The van der Waals surface area contributed by atoms with Gasteiger partial charge in [0.15, 0.2) is 11.5 Å². The van der Waals surface area contributed by atoms with Gasteiger partial charge >= 0.3 is 0 Å². The van der Waals surface area contributed by atoms with Crippen LogP contribution in [0.15, 0.2) is 45.8 Å². The number of rotatable bonds is 9. The molecule has 1 fully saturated rings. The van der Waals surface area contributed by atoms with Crippen molar-refractivity contribution in [3.63, 3.8) is 0 Å². The maximum atomic E-state index is 12.7. The normalized spacial score (nSPS) is 15.8. The maximum Gasteiger partial charge on any atom is 0.293 e. The zero-order chi connectivity index (χ0) is 24.1. The summed E-state index contributed by atoms with van der Waals surface area (Å²) in [5, 5.41) is 10.5. The number of nitro benzene ring substituents is 1. The molecule has 0 unspecified atom stereocenters. The maximum absolute atomic E-state index is 12.7. The van der Waals surface area contributed by atoms with Crippen LogP contribution in [0.1, 0.15) is 38.3 Å². The second-order valence-electron chi connectivity index (χ2n) is 7.27. The van der Waals surface area contributed by atoms with E-state index in [9.17, 15) is 19.7 Å². The third-order valence-corrected chi connectivity index (χ3v) is 6.62. The van der Waals surface area contributed by atoms with Crippen molar-refractivity contribution in [2.75, 3.05) is 6.61 Å². The van der Waals surface area contributed by atoms with Crippen molar-refractivity contribution in [2.24, 2.45) is 0 Å². The molecule has 0 N–H and O–H groups in total. The monoisotopic (exact) mass is 534 g/mol. The second kappa shape index (κ2) is 10.8. The molecule has 0 radical (unpaired) electrons. The molecule has 1 aliphatic rings. The number of hydrogen-bond acceptors (Lipinski definition) is 7. The number of carbonyl (C=O) groups excluding carboxylic acids is 2. The predicted octanol–water partition coefficient (Wildman–Crippen LogP) is 6.17. The standard InChI is InChI=1S/C23H23BrN2O6S/c1-4-14(3)25-22(27)21(33-23(25)28)11-16-10-19(31-5-2)20(12-18(16)24)32-13-15-6-8-17(9-7-15)26(29)30/h6-12,14H,4-5,13H2,1-3H3/b21-11+/t14-/m1/s1. The molecule has 2 amide bonds. The average molecular weight is 535 g/mol. The van der Waals surface area contributed by atoms with Gasteiger partial charge in [-0.2, -0.15) is 0 Å². The summed E-state index contributed by atoms with van der Waals surface area (Å²) in [6, 6.07) is 9.43. The fraction of sp³-hybridized carbons (Fsp3) is 0.304. The first-order valence-corrected chi connectivity index (χ1v) is 12.0. The Balaban J connectivity index is 1.84. The second-order valence-corrected chi connectivity index (χ2v) is 9.12. The lowest BCUT2D eigenvalue weighted by molar-refractivity contribution is -0.384. The largest absolute Gasteiger partial charge is 0.490 e. The molecule has 2 aromatic rings. The lowest BCUT2D eigenvalue weighted by Gasteiger charge is -2.19. The van der Waals surface area contributed by atoms with Crippen LogP contribution in [0.5, 0.6) is 11.5 Å². The lowest BCUT2D eigenvalue weighted by Crippen LogP contribution is -2.36. The molecule has 10 heteroatoms. The first kappa shape index (κ1) is 24.8. The van der Waals surface area contributed by atoms with Crippen LogP contribution >= 0.6 is 27.7 Å². The summed E-state index contributed by atoms with van der Waals surface area (Å²) in [7, 11) is 0. The highest BCUT2D eigenvalue weighted by molar-refractivity contribution is 9.10. The summed E-state index contributed by atoms with van der Waals surface area (Å²) in [5.74, 6) is 0.657. The van der Waals surface area contributed by atoms with Crippen LogP contribution < -0.4 is 9.47 Å². The van der Waals surface area contributed by atoms with Gasteiger partial charge in [0.25, 0.3) is 16.8 Å². The quantitative estimate of drug-likeness (QED) is 0.215. The van der Waals surface area contributed by atoms with Crippen LogP contribution in [0.4, 0.5) is 10.5 Å². The van der Waals surface area contributed by atoms with Gasteiger partial charge < -0.3 is 9.47 Å². The van der Waals surface area contributed by atoms with Gasteiger partial charge in [0.05, 0.1) is 16.4 Å². The molecule has 3 rings (SSSR count). The number of thioether (sulfide) groups is 1. The summed E-state index contributed by atoms with van der Waals surface area (Å²) in [4.78, 5) is 37.0. The first-order chi connectivity index (χ1) is 15.7. The lowest BCUT2D eigenvalue weighted by atomic mass is 10.1. The highest BCUT2D eigenvalue weighted by Crippen LogP contribution is 2.39. The minimum atomic E-state index is -0.453. The van der Waals surface area contributed by atoms with Gasteiger partial charge in [-0.1, -0.05) is 22.9 Å². The van der Waals surface area contributed by atoms with E-state index in [1.165, 1.54) is 17.0 Å². The molecule has 0 saturated carbocycles. The van der Waals surface area contributed by atoms with Crippen molar-refractivity contribution in [1.82, 2.24) is 4.90 Å². The van der Waals surface area contributed by atoms with Gasteiger partial charge in [-0.25, -0.2) is 0 Å². The van der Waals surface area contributed by atoms with Crippen LogP contribution in [0.3, 0.4) is 0 Å². The summed E-state index contributed by atoms with van der Waals surface area (Å²) >= 11 is 4.43. The van der Waals surface area contributed by atoms with Crippen molar-refractivity contribution in [3.8, 4) is 11.5 Å². The highest BCUT2D eigenvalue weighted by Gasteiger charge is 2.37. The first-order valence-electron chi connectivity index (χ1n) is 10.3. The number of amides is 2. The van der Waals surface area contributed by atoms with Crippen LogP contribution in [0.2, 0.25) is 0 Å². The van der Waals surface area contributed by atoms with Crippen molar-refractivity contribution in [2.45, 2.75) is 39.8 Å². The summed E-state index contributed by atoms with van der Waals surface area (Å²) in [6.07, 6.45) is 2.35. The number of hydrogen-bond donors (Lipinski definition) is 0. The van der Waals surface area contributed by atoms with Gasteiger partial charge in [-0.3, -0.25) is 24.6 Å². The fourth-order valence-corrected chi connectivity index (χ4v) is 4.46. The summed E-state index contributed by atoms with van der Waals surface area (Å²) in [5.41, 5.74) is 1.45. The molecule has 1 heterocycles. The van der Waals surface area contributed by atoms with E-state index >= 15 is 0 Å². The van der Waals surface area contributed by atoms with E-state index in [0.29, 0.717) is 39.5 Å². The van der Waals surface area contributed by atoms with Crippen LogP contribution in [0.25, 0.3) is 6.08 Å². The van der Waals surface area contributed by atoms with E-state index in [1.807, 2.05) is 20.8 Å². The average Bonchev–Trinajstić information content (AvgIpc) is 3.07. The third kappa shape index (κ3) is 5.75. The van der Waals surface area contributed by atoms with Gasteiger partial charge in [0.2, 0.25) is 0 Å². The number of carbonyl (C=O) groups is 2. The smallest absolute Gasteiger partial charge is 0.293 e. The van der Waals surface area contributed by atoms with Crippen molar-refractivity contribution >= 4 is 50.6 Å². The van der Waals surface area contributed by atoms with E-state index < -0.39 is 4.92 Å². The number of halogens is 1. The Labute approximate surface area is 204 Å². The Morgan fingerprint density at radius 1 is 1.15 bits per heavy atom. The molecule has 8 nitrogen and oxygen atoms in total. The predicted molar refractivity (Wildman–Crippen MR) is 130 cm³/mol. The molecule has 174 valence electrons. The Morgan fingerprint density at radius 3 is 2.42 bits per heavy atom.